The van der Waals surface area contributed by atoms with Crippen LogP contribution in [0.5, 0.6) is 0 Å². The molecule has 1 aromatic heterocycles. The van der Waals surface area contributed by atoms with E-state index in [1.165, 1.54) is 15.3 Å². The Hall–Kier alpha value is -1.81. The fourth-order valence-electron chi connectivity index (χ4n) is 2.29. The predicted molar refractivity (Wildman–Crippen MR) is 88.0 cm³/mol. The Labute approximate surface area is 129 Å². The number of aryl methyl sites for hydroxylation is 2. The molecule has 3 nitrogen and oxygen atoms in total. The van der Waals surface area contributed by atoms with Crippen molar-refractivity contribution in [3.8, 4) is 0 Å². The van der Waals surface area contributed by atoms with Crippen LogP contribution in [0.3, 0.4) is 0 Å². The topological polar surface area (TPSA) is 41.1 Å². The lowest BCUT2D eigenvalue weighted by Crippen LogP contribution is -2.25. The maximum atomic E-state index is 11.9. The number of thiophene rings is 1. The van der Waals surface area contributed by atoms with Gasteiger partial charge >= 0.3 is 0 Å². The van der Waals surface area contributed by atoms with E-state index in [1.807, 2.05) is 35.6 Å². The molecule has 4 heteroatoms. The molecule has 21 heavy (non-hydrogen) atoms. The molecule has 3 rings (SSSR count). The summed E-state index contributed by atoms with van der Waals surface area (Å²) >= 11 is 1.83. The highest BCUT2D eigenvalue weighted by atomic mass is 32.1. The lowest BCUT2D eigenvalue weighted by Gasteiger charge is -2.08. The van der Waals surface area contributed by atoms with E-state index in [0.717, 1.165) is 30.6 Å². The minimum atomic E-state index is 0.0355. The fourth-order valence-corrected chi connectivity index (χ4v) is 3.24. The van der Waals surface area contributed by atoms with Crippen molar-refractivity contribution in [3.05, 3.63) is 51.2 Å². The normalized spacial score (nSPS) is 14.0. The van der Waals surface area contributed by atoms with Crippen LogP contribution in [0, 0.1) is 13.8 Å². The molecule has 0 bridgehead atoms. The van der Waals surface area contributed by atoms with Crippen molar-refractivity contribution >= 4 is 22.9 Å². The first kappa shape index (κ1) is 14.1. The molecule has 2 aromatic rings. The smallest absolute Gasteiger partial charge is 0.251 e. The molecular weight excluding hydrogens is 280 g/mol. The molecule has 110 valence electrons. The Morgan fingerprint density at radius 3 is 2.52 bits per heavy atom. The minimum absolute atomic E-state index is 0.0355. The van der Waals surface area contributed by atoms with Gasteiger partial charge in [-0.05, 0) is 62.6 Å². The first-order valence-corrected chi connectivity index (χ1v) is 8.14. The van der Waals surface area contributed by atoms with Gasteiger partial charge in [0.15, 0.2) is 0 Å². The molecule has 1 aliphatic carbocycles. The van der Waals surface area contributed by atoms with Gasteiger partial charge in [-0.1, -0.05) is 0 Å². The standard InChI is InChI=1S/C17H20N2OS/c1-11-9-14(12(2)21-11)10-18-15-5-3-13(4-6-15)17(20)19-16-7-8-16/h3-6,9,16,18H,7-8,10H2,1-2H3,(H,19,20). The van der Waals surface area contributed by atoms with E-state index >= 15 is 0 Å². The second kappa shape index (κ2) is 5.90. The molecule has 1 saturated carbocycles. The Bertz CT molecular complexity index is 641. The van der Waals surface area contributed by atoms with Crippen molar-refractivity contribution in [1.29, 1.82) is 0 Å². The first-order valence-electron chi connectivity index (χ1n) is 7.32. The molecular formula is C17H20N2OS. The SMILES string of the molecule is Cc1cc(CNc2ccc(C(=O)NC3CC3)cc2)c(C)s1. The summed E-state index contributed by atoms with van der Waals surface area (Å²) in [7, 11) is 0. The van der Waals surface area contributed by atoms with Crippen LogP contribution in [0.1, 0.15) is 38.5 Å². The van der Waals surface area contributed by atoms with Crippen molar-refractivity contribution in [1.82, 2.24) is 5.32 Å². The Morgan fingerprint density at radius 1 is 1.24 bits per heavy atom. The predicted octanol–water partition coefficient (Wildman–Crippen LogP) is 3.87. The average molecular weight is 300 g/mol. The first-order chi connectivity index (χ1) is 10.1. The van der Waals surface area contributed by atoms with Crippen LogP contribution in [0.25, 0.3) is 0 Å². The zero-order chi connectivity index (χ0) is 14.8. The fraction of sp³-hybridized carbons (Fsp3) is 0.353. The van der Waals surface area contributed by atoms with Crippen molar-refractivity contribution in [2.45, 2.75) is 39.3 Å². The molecule has 1 fully saturated rings. The highest BCUT2D eigenvalue weighted by Crippen LogP contribution is 2.22. The Balaban J connectivity index is 1.58. The number of carbonyl (C=O) groups excluding carboxylic acids is 1. The summed E-state index contributed by atoms with van der Waals surface area (Å²) in [5.74, 6) is 0.0355. The molecule has 0 unspecified atom stereocenters. The molecule has 1 aliphatic rings. The summed E-state index contributed by atoms with van der Waals surface area (Å²) in [6.07, 6.45) is 2.23. The van der Waals surface area contributed by atoms with Crippen molar-refractivity contribution in [2.75, 3.05) is 5.32 Å². The van der Waals surface area contributed by atoms with Gasteiger partial charge in [0.1, 0.15) is 0 Å². The van der Waals surface area contributed by atoms with Gasteiger partial charge in [-0.25, -0.2) is 0 Å². The van der Waals surface area contributed by atoms with Crippen LogP contribution >= 0.6 is 11.3 Å². The molecule has 0 spiro atoms. The second-order valence-electron chi connectivity index (χ2n) is 5.62. The summed E-state index contributed by atoms with van der Waals surface area (Å²) < 4.78 is 0. The maximum absolute atomic E-state index is 11.9. The van der Waals surface area contributed by atoms with Gasteiger partial charge in [0.2, 0.25) is 0 Å². The van der Waals surface area contributed by atoms with Crippen molar-refractivity contribution in [2.24, 2.45) is 0 Å². The van der Waals surface area contributed by atoms with E-state index < -0.39 is 0 Å². The van der Waals surface area contributed by atoms with Gasteiger partial charge in [0, 0.05) is 33.6 Å². The van der Waals surface area contributed by atoms with Crippen LogP contribution in [0.4, 0.5) is 5.69 Å². The van der Waals surface area contributed by atoms with Crippen LogP contribution in [0.15, 0.2) is 30.3 Å². The molecule has 0 aliphatic heterocycles. The maximum Gasteiger partial charge on any atom is 0.251 e. The van der Waals surface area contributed by atoms with Gasteiger partial charge in [-0.3, -0.25) is 4.79 Å². The zero-order valence-electron chi connectivity index (χ0n) is 12.4. The monoisotopic (exact) mass is 300 g/mol. The zero-order valence-corrected chi connectivity index (χ0v) is 13.2. The third kappa shape index (κ3) is 3.64. The summed E-state index contributed by atoms with van der Waals surface area (Å²) in [4.78, 5) is 14.6. The third-order valence-corrected chi connectivity index (χ3v) is 4.69. The van der Waals surface area contributed by atoms with Gasteiger partial charge < -0.3 is 10.6 Å². The molecule has 1 heterocycles. The number of anilines is 1. The van der Waals surface area contributed by atoms with Gasteiger partial charge in [0.25, 0.3) is 5.91 Å². The van der Waals surface area contributed by atoms with Gasteiger partial charge in [-0.2, -0.15) is 0 Å². The van der Waals surface area contributed by atoms with Crippen LogP contribution in [-0.2, 0) is 6.54 Å². The molecule has 2 N–H and O–H groups in total. The van der Waals surface area contributed by atoms with E-state index in [2.05, 4.69) is 30.5 Å². The second-order valence-corrected chi connectivity index (χ2v) is 7.08. The quantitative estimate of drug-likeness (QED) is 0.880. The number of amides is 1. The number of hydrogen-bond donors (Lipinski definition) is 2. The van der Waals surface area contributed by atoms with E-state index in [9.17, 15) is 4.79 Å². The molecule has 1 amide bonds. The molecule has 0 radical (unpaired) electrons. The van der Waals surface area contributed by atoms with E-state index in [0.29, 0.717) is 6.04 Å². The van der Waals surface area contributed by atoms with Crippen LogP contribution < -0.4 is 10.6 Å². The highest BCUT2D eigenvalue weighted by molar-refractivity contribution is 7.12. The Morgan fingerprint density at radius 2 is 1.95 bits per heavy atom. The number of rotatable bonds is 5. The highest BCUT2D eigenvalue weighted by Gasteiger charge is 2.23. The number of nitrogens with one attached hydrogen (secondary N) is 2. The molecule has 0 saturated heterocycles. The lowest BCUT2D eigenvalue weighted by atomic mass is 10.2. The number of benzene rings is 1. The van der Waals surface area contributed by atoms with Crippen molar-refractivity contribution in [3.63, 3.8) is 0 Å². The van der Waals surface area contributed by atoms with E-state index in [1.54, 1.807) is 0 Å². The van der Waals surface area contributed by atoms with Gasteiger partial charge in [0.05, 0.1) is 0 Å². The van der Waals surface area contributed by atoms with E-state index in [4.69, 9.17) is 0 Å². The van der Waals surface area contributed by atoms with Crippen LogP contribution in [0.2, 0.25) is 0 Å². The number of carbonyl (C=O) groups is 1. The van der Waals surface area contributed by atoms with Gasteiger partial charge in [-0.15, -0.1) is 11.3 Å². The summed E-state index contributed by atoms with van der Waals surface area (Å²) in [6, 6.07) is 10.3. The average Bonchev–Trinajstić information content (AvgIpc) is 3.21. The summed E-state index contributed by atoms with van der Waals surface area (Å²) in [6.45, 7) is 5.11. The van der Waals surface area contributed by atoms with Crippen LogP contribution in [-0.4, -0.2) is 11.9 Å². The third-order valence-electron chi connectivity index (χ3n) is 3.69. The minimum Gasteiger partial charge on any atom is -0.381 e. The van der Waals surface area contributed by atoms with Crippen molar-refractivity contribution < 1.29 is 4.79 Å². The summed E-state index contributed by atoms with van der Waals surface area (Å²) in [5, 5.41) is 6.41. The Kier molecular flexibility index (Phi) is 3.97. The molecule has 0 atom stereocenters. The summed E-state index contributed by atoms with van der Waals surface area (Å²) in [5.41, 5.74) is 3.12. The lowest BCUT2D eigenvalue weighted by molar-refractivity contribution is 0.0951. The largest absolute Gasteiger partial charge is 0.381 e. The number of hydrogen-bond acceptors (Lipinski definition) is 3. The van der Waals surface area contributed by atoms with E-state index in [-0.39, 0.29) is 5.91 Å². The molecule has 1 aromatic carbocycles.